The Kier molecular flexibility index (Phi) is 7.73. The van der Waals surface area contributed by atoms with Gasteiger partial charge in [0, 0.05) is 5.70 Å². The molecule has 0 aliphatic carbocycles. The minimum absolute atomic E-state index is 0.00241. The van der Waals surface area contributed by atoms with Crippen molar-refractivity contribution in [3.8, 4) is 6.07 Å². The second kappa shape index (κ2) is 10.7. The molecule has 1 atom stereocenters. The van der Waals surface area contributed by atoms with Crippen LogP contribution in [-0.4, -0.2) is 24.2 Å². The molecule has 0 saturated heterocycles. The van der Waals surface area contributed by atoms with Gasteiger partial charge in [-0.05, 0) is 37.6 Å². The van der Waals surface area contributed by atoms with E-state index >= 15 is 0 Å². The van der Waals surface area contributed by atoms with E-state index in [9.17, 15) is 19.2 Å². The van der Waals surface area contributed by atoms with E-state index in [1.807, 2.05) is 6.92 Å². The van der Waals surface area contributed by atoms with E-state index in [1.165, 1.54) is 24.5 Å². The Bertz CT molecular complexity index is 1100. The number of benzene rings is 1. The van der Waals surface area contributed by atoms with Gasteiger partial charge < -0.3 is 19.8 Å². The van der Waals surface area contributed by atoms with Gasteiger partial charge in [-0.15, -0.1) is 0 Å². The van der Waals surface area contributed by atoms with Gasteiger partial charge in [-0.3, -0.25) is 9.59 Å². The van der Waals surface area contributed by atoms with Gasteiger partial charge >= 0.3 is 5.97 Å². The number of nitrogens with zero attached hydrogens (tertiary/aromatic N) is 1. The van der Waals surface area contributed by atoms with E-state index in [-0.39, 0.29) is 22.6 Å². The van der Waals surface area contributed by atoms with Crippen molar-refractivity contribution >= 4 is 29.3 Å². The number of para-hydroxylation sites is 1. The fourth-order valence-electron chi connectivity index (χ4n) is 3.21. The van der Waals surface area contributed by atoms with Crippen molar-refractivity contribution in [3.05, 3.63) is 76.1 Å². The highest BCUT2D eigenvalue weighted by atomic mass is 32.2. The van der Waals surface area contributed by atoms with Crippen LogP contribution < -0.4 is 10.6 Å². The quantitative estimate of drug-likeness (QED) is 0.567. The molecule has 9 heteroatoms. The number of nitriles is 1. The van der Waals surface area contributed by atoms with Crippen molar-refractivity contribution in [2.75, 3.05) is 17.7 Å². The lowest BCUT2D eigenvalue weighted by molar-refractivity contribution is -0.140. The maximum absolute atomic E-state index is 14.1. The average molecular weight is 456 g/mol. The van der Waals surface area contributed by atoms with Crippen LogP contribution in [0.25, 0.3) is 0 Å². The first kappa shape index (κ1) is 23.2. The lowest BCUT2D eigenvalue weighted by Gasteiger charge is -2.28. The molecule has 2 aromatic rings. The number of anilines is 1. The average Bonchev–Trinajstić information content (AvgIpc) is 3.31. The summed E-state index contributed by atoms with van der Waals surface area (Å²) in [6.45, 7) is 3.90. The highest BCUT2D eigenvalue weighted by Gasteiger charge is 2.36. The Hall–Kier alpha value is -3.51. The van der Waals surface area contributed by atoms with Gasteiger partial charge in [0.25, 0.3) is 5.91 Å². The number of carbonyl (C=O) groups excluding carboxylic acids is 2. The first-order valence-corrected chi connectivity index (χ1v) is 10.9. The van der Waals surface area contributed by atoms with Gasteiger partial charge in [-0.2, -0.15) is 5.26 Å². The standard InChI is InChI=1S/C23H22FN3O4S/c1-3-10-31-19(28)13-32-23-15(12-25)21(18-9-6-11-30-18)20(14(2)26-23)22(29)27-17-8-5-4-7-16(17)24/h4-9,11,21,26H,3,10,13H2,1-2H3,(H,27,29)/t21-/m1/s1. The molecule has 7 nitrogen and oxygen atoms in total. The highest BCUT2D eigenvalue weighted by molar-refractivity contribution is 8.03. The molecule has 0 spiro atoms. The summed E-state index contributed by atoms with van der Waals surface area (Å²) >= 11 is 1.12. The monoisotopic (exact) mass is 455 g/mol. The van der Waals surface area contributed by atoms with Gasteiger partial charge in [-0.25, -0.2) is 4.39 Å². The summed E-state index contributed by atoms with van der Waals surface area (Å²) in [7, 11) is 0. The molecular formula is C23H22FN3O4S. The minimum Gasteiger partial charge on any atom is -0.468 e. The zero-order valence-corrected chi connectivity index (χ0v) is 18.4. The van der Waals surface area contributed by atoms with Crippen LogP contribution in [0.4, 0.5) is 10.1 Å². The van der Waals surface area contributed by atoms with Crippen LogP contribution in [0.1, 0.15) is 31.9 Å². The molecule has 32 heavy (non-hydrogen) atoms. The predicted octanol–water partition coefficient (Wildman–Crippen LogP) is 4.44. The van der Waals surface area contributed by atoms with Gasteiger partial charge in [0.2, 0.25) is 0 Å². The molecule has 1 aromatic heterocycles. The third-order valence-corrected chi connectivity index (χ3v) is 5.63. The predicted molar refractivity (Wildman–Crippen MR) is 119 cm³/mol. The molecule has 1 aromatic carbocycles. The Morgan fingerprint density at radius 1 is 1.31 bits per heavy atom. The summed E-state index contributed by atoms with van der Waals surface area (Å²) in [5, 5.41) is 16.0. The molecule has 0 unspecified atom stereocenters. The molecule has 2 heterocycles. The van der Waals surface area contributed by atoms with Crippen LogP contribution in [-0.2, 0) is 14.3 Å². The fraction of sp³-hybridized carbons (Fsp3) is 0.261. The number of thioether (sulfide) groups is 1. The maximum atomic E-state index is 14.1. The molecule has 2 N–H and O–H groups in total. The number of rotatable bonds is 8. The molecule has 0 bridgehead atoms. The van der Waals surface area contributed by atoms with Crippen molar-refractivity contribution in [1.29, 1.82) is 5.26 Å². The molecular weight excluding hydrogens is 433 g/mol. The van der Waals surface area contributed by atoms with Crippen molar-refractivity contribution < 1.29 is 23.1 Å². The number of furan rings is 1. The Balaban J connectivity index is 1.93. The van der Waals surface area contributed by atoms with Crippen molar-refractivity contribution in [3.63, 3.8) is 0 Å². The molecule has 166 valence electrons. The topological polar surface area (TPSA) is 104 Å². The third-order valence-electron chi connectivity index (χ3n) is 4.64. The summed E-state index contributed by atoms with van der Waals surface area (Å²) < 4.78 is 24.7. The Morgan fingerprint density at radius 2 is 2.09 bits per heavy atom. The third kappa shape index (κ3) is 5.21. The van der Waals surface area contributed by atoms with Crippen LogP contribution in [0.5, 0.6) is 0 Å². The van der Waals surface area contributed by atoms with Gasteiger partial charge in [-0.1, -0.05) is 30.8 Å². The number of amides is 1. The largest absolute Gasteiger partial charge is 0.468 e. The van der Waals surface area contributed by atoms with Gasteiger partial charge in [0.05, 0.1) is 52.5 Å². The second-order valence-corrected chi connectivity index (χ2v) is 7.90. The number of hydrogen-bond donors (Lipinski definition) is 2. The second-order valence-electron chi connectivity index (χ2n) is 6.91. The molecule has 0 fully saturated rings. The Labute approximate surface area is 189 Å². The van der Waals surface area contributed by atoms with E-state index < -0.39 is 23.6 Å². The van der Waals surface area contributed by atoms with Crippen LogP contribution in [0.3, 0.4) is 0 Å². The number of carbonyl (C=O) groups is 2. The molecule has 3 rings (SSSR count). The smallest absolute Gasteiger partial charge is 0.316 e. The van der Waals surface area contributed by atoms with Crippen LogP contribution in [0.15, 0.2) is 69.0 Å². The molecule has 0 radical (unpaired) electrons. The van der Waals surface area contributed by atoms with Gasteiger partial charge in [0.1, 0.15) is 11.6 Å². The lowest BCUT2D eigenvalue weighted by Crippen LogP contribution is -2.31. The highest BCUT2D eigenvalue weighted by Crippen LogP contribution is 2.41. The fourth-order valence-corrected chi connectivity index (χ4v) is 4.10. The first-order valence-electron chi connectivity index (χ1n) is 9.96. The van der Waals surface area contributed by atoms with Crippen LogP contribution in [0, 0.1) is 17.1 Å². The summed E-state index contributed by atoms with van der Waals surface area (Å²) in [5.41, 5.74) is 0.927. The van der Waals surface area contributed by atoms with Crippen molar-refractivity contribution in [2.45, 2.75) is 26.2 Å². The number of hydrogen-bond acceptors (Lipinski definition) is 7. The number of ether oxygens (including phenoxy) is 1. The number of dihydropyridines is 1. The zero-order valence-electron chi connectivity index (χ0n) is 17.6. The first-order chi connectivity index (χ1) is 15.5. The maximum Gasteiger partial charge on any atom is 0.316 e. The summed E-state index contributed by atoms with van der Waals surface area (Å²) in [4.78, 5) is 25.1. The molecule has 1 aliphatic heterocycles. The zero-order chi connectivity index (χ0) is 23.1. The van der Waals surface area contributed by atoms with Crippen molar-refractivity contribution in [2.24, 2.45) is 0 Å². The van der Waals surface area contributed by atoms with E-state index in [0.29, 0.717) is 29.5 Å². The molecule has 0 saturated carbocycles. The summed E-state index contributed by atoms with van der Waals surface area (Å²) in [5.74, 6) is -1.98. The normalized spacial score (nSPS) is 15.8. The molecule has 1 aliphatic rings. The van der Waals surface area contributed by atoms with Gasteiger partial charge in [0.15, 0.2) is 0 Å². The number of halogens is 1. The number of nitrogens with one attached hydrogen (secondary N) is 2. The Morgan fingerprint density at radius 3 is 2.75 bits per heavy atom. The minimum atomic E-state index is -0.822. The van der Waals surface area contributed by atoms with E-state index in [2.05, 4.69) is 16.7 Å². The summed E-state index contributed by atoms with van der Waals surface area (Å²) in [6.07, 6.45) is 2.16. The van der Waals surface area contributed by atoms with Crippen LogP contribution >= 0.6 is 11.8 Å². The van der Waals surface area contributed by atoms with E-state index in [4.69, 9.17) is 9.15 Å². The lowest BCUT2D eigenvalue weighted by atomic mass is 9.85. The van der Waals surface area contributed by atoms with Crippen molar-refractivity contribution in [1.82, 2.24) is 5.32 Å². The molecule has 1 amide bonds. The van der Waals surface area contributed by atoms with E-state index in [1.54, 1.807) is 25.1 Å². The van der Waals surface area contributed by atoms with Crippen LogP contribution in [0.2, 0.25) is 0 Å². The number of allylic oxidation sites excluding steroid dienone is 2. The number of esters is 1. The SMILES string of the molecule is CCCOC(=O)CSC1=C(C#N)[C@H](c2ccco2)C(C(=O)Nc2ccccc2F)=C(C)N1. The van der Waals surface area contributed by atoms with E-state index in [0.717, 1.165) is 11.8 Å². The summed E-state index contributed by atoms with van der Waals surface area (Å²) in [6, 6.07) is 11.3.